The normalized spacial score (nSPS) is 14.5. The fourth-order valence-corrected chi connectivity index (χ4v) is 3.62. The van der Waals surface area contributed by atoms with E-state index in [0.29, 0.717) is 36.9 Å². The van der Waals surface area contributed by atoms with Gasteiger partial charge in [-0.05, 0) is 48.1 Å². The van der Waals surface area contributed by atoms with E-state index in [1.807, 2.05) is 42.5 Å². The third-order valence-corrected chi connectivity index (χ3v) is 5.51. The number of nitrogens with one attached hydrogen (secondary N) is 1. The van der Waals surface area contributed by atoms with Crippen molar-refractivity contribution in [3.05, 3.63) is 77.9 Å². The molecule has 0 radical (unpaired) electrons. The molecule has 6 heteroatoms. The van der Waals surface area contributed by atoms with Crippen molar-refractivity contribution in [1.82, 2.24) is 0 Å². The first-order valence-electron chi connectivity index (χ1n) is 11.7. The fourth-order valence-electron chi connectivity index (χ4n) is 3.62. The van der Waals surface area contributed by atoms with Crippen LogP contribution in [0.15, 0.2) is 66.7 Å². The predicted molar refractivity (Wildman–Crippen MR) is 134 cm³/mol. The molecule has 33 heavy (non-hydrogen) atoms. The van der Waals surface area contributed by atoms with Crippen molar-refractivity contribution in [2.24, 2.45) is 0 Å². The van der Waals surface area contributed by atoms with Crippen LogP contribution in [-0.4, -0.2) is 33.6 Å². The van der Waals surface area contributed by atoms with E-state index in [4.69, 9.17) is 14.2 Å². The zero-order valence-electron chi connectivity index (χ0n) is 19.3. The fraction of sp³-hybridized carbons (Fsp3) is 0.296. The summed E-state index contributed by atoms with van der Waals surface area (Å²) in [6.07, 6.45) is 2.87. The van der Waals surface area contributed by atoms with Crippen LogP contribution >= 0.6 is 0 Å². The highest BCUT2D eigenvalue weighted by Gasteiger charge is 2.28. The summed E-state index contributed by atoms with van der Waals surface area (Å²) in [5.41, 5.74) is 4.33. The van der Waals surface area contributed by atoms with Gasteiger partial charge in [0.25, 0.3) is 5.91 Å². The molecule has 0 aliphatic carbocycles. The number of carbonyl (C=O) groups is 1. The molecule has 4 rings (SSSR count). The second-order valence-corrected chi connectivity index (χ2v) is 8.15. The smallest absolute Gasteiger partial charge is 0.259 e. The van der Waals surface area contributed by atoms with Gasteiger partial charge in [-0.1, -0.05) is 55.8 Å². The molecule has 0 aromatic heterocycles. The van der Waals surface area contributed by atoms with Gasteiger partial charge in [0.15, 0.2) is 0 Å². The molecule has 0 unspecified atom stereocenters. The molecule has 170 valence electrons. The average Bonchev–Trinajstić information content (AvgIpc) is 3.69. The molecule has 3 aromatic carbocycles. The van der Waals surface area contributed by atoms with Gasteiger partial charge >= 0.3 is 0 Å². The Kier molecular flexibility index (Phi) is 7.68. The monoisotopic (exact) mass is 443 g/mol. The van der Waals surface area contributed by atoms with Crippen LogP contribution in [0.2, 0.25) is 6.32 Å². The highest BCUT2D eigenvalue weighted by molar-refractivity contribution is 6.08. The Morgan fingerprint density at radius 1 is 1.03 bits per heavy atom. The summed E-state index contributed by atoms with van der Waals surface area (Å²) < 4.78 is 17.2. The molecule has 1 N–H and O–H groups in total. The molecule has 0 bridgehead atoms. The Bertz CT molecular complexity index is 1080. The number of benzene rings is 3. The number of hydrogen-bond donors (Lipinski definition) is 1. The van der Waals surface area contributed by atoms with Crippen molar-refractivity contribution < 1.29 is 19.0 Å². The van der Waals surface area contributed by atoms with Crippen molar-refractivity contribution in [1.29, 1.82) is 0 Å². The highest BCUT2D eigenvalue weighted by Crippen LogP contribution is 2.38. The van der Waals surface area contributed by atoms with E-state index in [0.717, 1.165) is 41.5 Å². The lowest BCUT2D eigenvalue weighted by molar-refractivity contribution is 0.102. The lowest BCUT2D eigenvalue weighted by Crippen LogP contribution is -2.15. The molecule has 1 saturated heterocycles. The van der Waals surface area contributed by atoms with E-state index < -0.39 is 0 Å². The largest absolute Gasteiger partial charge is 0.494 e. The van der Waals surface area contributed by atoms with Gasteiger partial charge in [0.2, 0.25) is 0 Å². The standard InChI is InChI=1S/C27H30BNO4/c1-2-3-14-32-25-12-10-21(31-15-13-28)17-23(25)27(30)29-24-16-20(19-7-5-4-6-8-19)9-11-22(24)26-18-33-26/h4-12,16-17,26H,2-3,13-15,18,28H2,1H3,(H,29,30)/t26-/m1/s1. The molecular weight excluding hydrogens is 413 g/mol. The minimum absolute atomic E-state index is 0.0182. The zero-order chi connectivity index (χ0) is 23.0. The number of amides is 1. The third kappa shape index (κ3) is 5.96. The lowest BCUT2D eigenvalue weighted by atomic mass is 10.0. The molecule has 1 heterocycles. The van der Waals surface area contributed by atoms with Crippen molar-refractivity contribution in [2.45, 2.75) is 32.2 Å². The van der Waals surface area contributed by atoms with Gasteiger partial charge in [-0.2, -0.15) is 0 Å². The lowest BCUT2D eigenvalue weighted by Gasteiger charge is -2.16. The second-order valence-electron chi connectivity index (χ2n) is 8.15. The summed E-state index contributed by atoms with van der Waals surface area (Å²) in [4.78, 5) is 13.4. The summed E-state index contributed by atoms with van der Waals surface area (Å²) in [6, 6.07) is 21.7. The maximum Gasteiger partial charge on any atom is 0.259 e. The summed E-state index contributed by atoms with van der Waals surface area (Å²) in [7, 11) is 2.05. The Balaban J connectivity index is 1.63. The number of carbonyl (C=O) groups excluding carboxylic acids is 1. The van der Waals surface area contributed by atoms with Gasteiger partial charge in [-0.3, -0.25) is 4.79 Å². The van der Waals surface area contributed by atoms with Crippen LogP contribution in [0.5, 0.6) is 11.5 Å². The van der Waals surface area contributed by atoms with Gasteiger partial charge in [0.1, 0.15) is 25.4 Å². The molecule has 3 aromatic rings. The van der Waals surface area contributed by atoms with Gasteiger partial charge in [-0.25, -0.2) is 0 Å². The van der Waals surface area contributed by atoms with Gasteiger partial charge < -0.3 is 19.5 Å². The summed E-state index contributed by atoms with van der Waals surface area (Å²) >= 11 is 0. The molecule has 5 nitrogen and oxygen atoms in total. The topological polar surface area (TPSA) is 60.1 Å². The number of ether oxygens (including phenoxy) is 3. The first kappa shape index (κ1) is 22.9. The van der Waals surface area contributed by atoms with Crippen LogP contribution in [-0.2, 0) is 4.74 Å². The highest BCUT2D eigenvalue weighted by atomic mass is 16.6. The summed E-state index contributed by atoms with van der Waals surface area (Å²) in [5.74, 6) is 0.998. The summed E-state index contributed by atoms with van der Waals surface area (Å²) in [5, 5.41) is 3.12. The third-order valence-electron chi connectivity index (χ3n) is 5.51. The quantitative estimate of drug-likeness (QED) is 0.249. The first-order valence-corrected chi connectivity index (χ1v) is 11.7. The molecule has 1 aliphatic heterocycles. The van der Waals surface area contributed by atoms with Crippen LogP contribution in [0, 0.1) is 0 Å². The van der Waals surface area contributed by atoms with E-state index in [9.17, 15) is 4.79 Å². The summed E-state index contributed by atoms with van der Waals surface area (Å²) in [6.45, 7) is 3.94. The van der Waals surface area contributed by atoms with Gasteiger partial charge in [-0.15, -0.1) is 0 Å². The van der Waals surface area contributed by atoms with Crippen molar-refractivity contribution in [3.8, 4) is 22.6 Å². The number of unbranched alkanes of at least 4 members (excludes halogenated alkanes) is 1. The number of hydrogen-bond acceptors (Lipinski definition) is 4. The molecule has 1 amide bonds. The second kappa shape index (κ2) is 11.1. The maximum absolute atomic E-state index is 13.4. The molecule has 1 atom stereocenters. The Hall–Kier alpha value is -3.25. The van der Waals surface area contributed by atoms with Crippen molar-refractivity contribution in [3.63, 3.8) is 0 Å². The van der Waals surface area contributed by atoms with Gasteiger partial charge in [0, 0.05) is 11.3 Å². The number of anilines is 1. The van der Waals surface area contributed by atoms with E-state index in [-0.39, 0.29) is 12.0 Å². The van der Waals surface area contributed by atoms with Crippen LogP contribution < -0.4 is 14.8 Å². The predicted octanol–water partition coefficient (Wildman–Crippen LogP) is 5.29. The Labute approximate surface area is 196 Å². The minimum Gasteiger partial charge on any atom is -0.494 e. The maximum atomic E-state index is 13.4. The van der Waals surface area contributed by atoms with Gasteiger partial charge in [0.05, 0.1) is 25.4 Å². The first-order chi connectivity index (χ1) is 16.2. The van der Waals surface area contributed by atoms with E-state index in [1.165, 1.54) is 0 Å². The Morgan fingerprint density at radius 3 is 2.58 bits per heavy atom. The molecule has 1 aliphatic rings. The number of rotatable bonds is 11. The van der Waals surface area contributed by atoms with E-state index >= 15 is 0 Å². The zero-order valence-corrected chi connectivity index (χ0v) is 19.3. The van der Waals surface area contributed by atoms with Crippen LogP contribution in [0.25, 0.3) is 11.1 Å². The average molecular weight is 443 g/mol. The SMILES string of the molecule is BCCOc1ccc(OCCCC)c(C(=O)Nc2cc(-c3ccccc3)ccc2[C@H]2CO2)c1. The van der Waals surface area contributed by atoms with Crippen LogP contribution in [0.4, 0.5) is 5.69 Å². The molecule has 0 spiro atoms. The van der Waals surface area contributed by atoms with Crippen LogP contribution in [0.3, 0.4) is 0 Å². The molecule has 0 saturated carbocycles. The van der Waals surface area contributed by atoms with Crippen LogP contribution in [0.1, 0.15) is 41.8 Å². The molecule has 1 fully saturated rings. The van der Waals surface area contributed by atoms with E-state index in [1.54, 1.807) is 6.07 Å². The molecular formula is C27H30BNO4. The Morgan fingerprint density at radius 2 is 1.85 bits per heavy atom. The van der Waals surface area contributed by atoms with E-state index in [2.05, 4.69) is 38.3 Å². The number of epoxide rings is 1. The van der Waals surface area contributed by atoms with Crippen molar-refractivity contribution >= 4 is 19.4 Å². The minimum atomic E-state index is -0.226. The van der Waals surface area contributed by atoms with Crippen molar-refractivity contribution in [2.75, 3.05) is 25.1 Å².